The van der Waals surface area contributed by atoms with Gasteiger partial charge in [-0.1, -0.05) is 43.0 Å². The fourth-order valence-corrected chi connectivity index (χ4v) is 3.15. The van der Waals surface area contributed by atoms with E-state index in [1.165, 1.54) is 10.5 Å². The van der Waals surface area contributed by atoms with Crippen molar-refractivity contribution >= 4 is 23.8 Å². The van der Waals surface area contributed by atoms with Gasteiger partial charge in [0.2, 0.25) is 0 Å². The van der Waals surface area contributed by atoms with E-state index in [2.05, 4.69) is 24.3 Å². The van der Waals surface area contributed by atoms with Gasteiger partial charge in [0, 0.05) is 28.2 Å². The van der Waals surface area contributed by atoms with E-state index < -0.39 is 0 Å². The van der Waals surface area contributed by atoms with Crippen LogP contribution in [0, 0.1) is 0 Å². The third-order valence-corrected chi connectivity index (χ3v) is 4.62. The van der Waals surface area contributed by atoms with Crippen molar-refractivity contribution < 1.29 is 9.59 Å². The van der Waals surface area contributed by atoms with Crippen LogP contribution < -0.4 is 0 Å². The highest BCUT2D eigenvalue weighted by molar-refractivity contribution is 7.99. The Labute approximate surface area is 142 Å². The molecule has 120 valence electrons. The van der Waals surface area contributed by atoms with Gasteiger partial charge in [0.1, 0.15) is 6.29 Å². The molecule has 0 aliphatic heterocycles. The van der Waals surface area contributed by atoms with Crippen LogP contribution >= 0.6 is 11.8 Å². The molecule has 0 saturated carbocycles. The van der Waals surface area contributed by atoms with Gasteiger partial charge in [0.05, 0.1) is 0 Å². The van der Waals surface area contributed by atoms with Crippen LogP contribution in [-0.4, -0.2) is 12.1 Å². The summed E-state index contributed by atoms with van der Waals surface area (Å²) in [4.78, 5) is 24.5. The number of hydrogen-bond acceptors (Lipinski definition) is 3. The molecule has 2 nitrogen and oxygen atoms in total. The number of rotatable bonds is 9. The fraction of sp³-hybridized carbons (Fsp3) is 0.300. The maximum Gasteiger partial charge on any atom is 0.162 e. The molecule has 0 saturated heterocycles. The molecule has 0 bridgehead atoms. The lowest BCUT2D eigenvalue weighted by atomic mass is 10.1. The van der Waals surface area contributed by atoms with Crippen molar-refractivity contribution in [3.8, 4) is 0 Å². The zero-order valence-electron chi connectivity index (χ0n) is 13.5. The first-order valence-electron chi connectivity index (χ1n) is 8.06. The smallest absolute Gasteiger partial charge is 0.162 e. The number of unbranched alkanes of at least 4 members (excludes halogenated alkanes) is 1. The van der Waals surface area contributed by atoms with E-state index in [9.17, 15) is 9.59 Å². The van der Waals surface area contributed by atoms with Gasteiger partial charge < -0.3 is 4.79 Å². The second kappa shape index (κ2) is 9.31. The topological polar surface area (TPSA) is 34.1 Å². The van der Waals surface area contributed by atoms with Crippen molar-refractivity contribution in [3.63, 3.8) is 0 Å². The van der Waals surface area contributed by atoms with Crippen molar-refractivity contribution in [3.05, 3.63) is 59.7 Å². The molecule has 0 aliphatic rings. The molecule has 3 heteroatoms. The number of hydrogen-bond donors (Lipinski definition) is 0. The predicted octanol–water partition coefficient (Wildman–Crippen LogP) is 5.34. The molecule has 0 spiro atoms. The molecule has 0 aliphatic carbocycles. The number of benzene rings is 2. The third kappa shape index (κ3) is 5.68. The first-order valence-corrected chi connectivity index (χ1v) is 8.88. The van der Waals surface area contributed by atoms with E-state index in [1.807, 2.05) is 31.2 Å². The van der Waals surface area contributed by atoms with Crippen molar-refractivity contribution in [1.82, 2.24) is 0 Å². The summed E-state index contributed by atoms with van der Waals surface area (Å²) in [6.07, 6.45) is 4.94. The van der Waals surface area contributed by atoms with Gasteiger partial charge in [0.25, 0.3) is 0 Å². The third-order valence-electron chi connectivity index (χ3n) is 3.60. The summed E-state index contributed by atoms with van der Waals surface area (Å²) in [5, 5.41) is 0. The Hall–Kier alpha value is -1.87. The highest BCUT2D eigenvalue weighted by Crippen LogP contribution is 2.28. The number of ketones is 1. The molecule has 23 heavy (non-hydrogen) atoms. The summed E-state index contributed by atoms with van der Waals surface area (Å²) in [7, 11) is 0. The molecule has 0 amide bonds. The Kier molecular flexibility index (Phi) is 7.08. The van der Waals surface area contributed by atoms with E-state index in [0.29, 0.717) is 12.8 Å². The van der Waals surface area contributed by atoms with Crippen LogP contribution in [0.4, 0.5) is 0 Å². The molecule has 0 atom stereocenters. The largest absolute Gasteiger partial charge is 0.303 e. The van der Waals surface area contributed by atoms with Crippen LogP contribution in [0.25, 0.3) is 0 Å². The van der Waals surface area contributed by atoms with Gasteiger partial charge in [-0.2, -0.15) is 0 Å². The summed E-state index contributed by atoms with van der Waals surface area (Å²) in [5.41, 5.74) is 2.05. The molecular weight excluding hydrogens is 304 g/mol. The van der Waals surface area contributed by atoms with Crippen molar-refractivity contribution in [2.75, 3.05) is 0 Å². The monoisotopic (exact) mass is 326 g/mol. The van der Waals surface area contributed by atoms with Crippen LogP contribution in [0.5, 0.6) is 0 Å². The van der Waals surface area contributed by atoms with Crippen LogP contribution in [-0.2, 0) is 11.2 Å². The number of aldehydes is 1. The lowest BCUT2D eigenvalue weighted by molar-refractivity contribution is -0.107. The van der Waals surface area contributed by atoms with Gasteiger partial charge in [-0.15, -0.1) is 0 Å². The number of Topliss-reactive ketones (excluding diaryl/α,β-unsaturated/α-hetero) is 1. The minimum Gasteiger partial charge on any atom is -0.303 e. The molecule has 2 aromatic carbocycles. The highest BCUT2D eigenvalue weighted by atomic mass is 32.2. The number of aryl methyl sites for hydroxylation is 1. The minimum atomic E-state index is 0.212. The average molecular weight is 326 g/mol. The number of carbonyl (C=O) groups excluding carboxylic acids is 2. The quantitative estimate of drug-likeness (QED) is 0.354. The first kappa shape index (κ1) is 17.5. The van der Waals surface area contributed by atoms with Gasteiger partial charge in [0.15, 0.2) is 5.78 Å². The Morgan fingerprint density at radius 2 is 1.61 bits per heavy atom. The average Bonchev–Trinajstić information content (AvgIpc) is 2.57. The lowest BCUT2D eigenvalue weighted by Gasteiger charge is -2.05. The van der Waals surface area contributed by atoms with Crippen molar-refractivity contribution in [2.45, 2.75) is 48.8 Å². The van der Waals surface area contributed by atoms with Crippen molar-refractivity contribution in [2.24, 2.45) is 0 Å². The summed E-state index contributed by atoms with van der Waals surface area (Å²) in [5.74, 6) is 0.212. The molecule has 0 unspecified atom stereocenters. The van der Waals surface area contributed by atoms with E-state index >= 15 is 0 Å². The molecule has 0 radical (unpaired) electrons. The Morgan fingerprint density at radius 3 is 2.17 bits per heavy atom. The highest BCUT2D eigenvalue weighted by Gasteiger charge is 2.05. The zero-order valence-corrected chi connectivity index (χ0v) is 14.3. The Morgan fingerprint density at radius 1 is 1.00 bits per heavy atom. The summed E-state index contributed by atoms with van der Waals surface area (Å²) >= 11 is 1.69. The van der Waals surface area contributed by atoms with Gasteiger partial charge in [-0.25, -0.2) is 0 Å². The summed E-state index contributed by atoms with van der Waals surface area (Å²) in [6.45, 7) is 2.02. The summed E-state index contributed by atoms with van der Waals surface area (Å²) < 4.78 is 0. The van der Waals surface area contributed by atoms with E-state index in [0.717, 1.165) is 36.0 Å². The normalized spacial score (nSPS) is 10.5. The zero-order chi connectivity index (χ0) is 16.5. The maximum absolute atomic E-state index is 11.8. The van der Waals surface area contributed by atoms with E-state index in [1.54, 1.807) is 11.8 Å². The van der Waals surface area contributed by atoms with Crippen LogP contribution in [0.1, 0.15) is 48.5 Å². The molecule has 0 heterocycles. The van der Waals surface area contributed by atoms with Crippen LogP contribution in [0.2, 0.25) is 0 Å². The van der Waals surface area contributed by atoms with Crippen LogP contribution in [0.15, 0.2) is 58.3 Å². The fourth-order valence-electron chi connectivity index (χ4n) is 2.33. The molecule has 0 N–H and O–H groups in total. The van der Waals surface area contributed by atoms with E-state index in [-0.39, 0.29) is 5.78 Å². The SMILES string of the molecule is CCCC(=O)c1ccc(Sc2ccc(CCCC=O)cc2)cc1. The van der Waals surface area contributed by atoms with Crippen molar-refractivity contribution in [1.29, 1.82) is 0 Å². The molecule has 2 rings (SSSR count). The molecule has 2 aromatic rings. The van der Waals surface area contributed by atoms with Gasteiger partial charge in [-0.05, 0) is 49.1 Å². The lowest BCUT2D eigenvalue weighted by Crippen LogP contribution is -1.97. The first-order chi connectivity index (χ1) is 11.2. The van der Waals surface area contributed by atoms with Gasteiger partial charge in [-0.3, -0.25) is 4.79 Å². The standard InChI is InChI=1S/C20H22O2S/c1-2-5-20(22)17-9-13-19(14-10-17)23-18-11-7-16(8-12-18)6-3-4-15-21/h7-15H,2-6H2,1H3. The number of carbonyl (C=O) groups is 2. The molecule has 0 aromatic heterocycles. The molecular formula is C20H22O2S. The second-order valence-corrected chi connectivity index (χ2v) is 6.65. The summed E-state index contributed by atoms with van der Waals surface area (Å²) in [6, 6.07) is 16.3. The second-order valence-electron chi connectivity index (χ2n) is 5.50. The Balaban J connectivity index is 1.93. The molecule has 0 fully saturated rings. The maximum atomic E-state index is 11.8. The van der Waals surface area contributed by atoms with E-state index in [4.69, 9.17) is 0 Å². The Bertz CT molecular complexity index is 630. The minimum absolute atomic E-state index is 0.212. The predicted molar refractivity (Wildman–Crippen MR) is 95.2 cm³/mol. The van der Waals surface area contributed by atoms with Gasteiger partial charge >= 0.3 is 0 Å². The van der Waals surface area contributed by atoms with Crippen LogP contribution in [0.3, 0.4) is 0 Å².